The van der Waals surface area contributed by atoms with Crippen molar-refractivity contribution in [3.05, 3.63) is 0 Å². The molecule has 0 radical (unpaired) electrons. The molecule has 2 heteroatoms. The molecule has 0 saturated heterocycles. The Bertz CT molecular complexity index is 52.5. The molecule has 2 N–H and O–H groups in total. The van der Waals surface area contributed by atoms with Gasteiger partial charge >= 0.3 is 0 Å². The molecule has 0 aliphatic rings. The minimum absolute atomic E-state index is 0.556. The summed E-state index contributed by atoms with van der Waals surface area (Å²) in [4.78, 5) is 0. The average molecular weight is 116 g/mol. The Balaban J connectivity index is 3.17. The second-order valence-electron chi connectivity index (χ2n) is 2.43. The number of hydrazine groups is 1. The molecule has 2 nitrogen and oxygen atoms in total. The Kier molecular flexibility index (Phi) is 3.83. The topological polar surface area (TPSA) is 24.1 Å². The van der Waals surface area contributed by atoms with Crippen LogP contribution in [-0.4, -0.2) is 13.1 Å². The van der Waals surface area contributed by atoms with Crippen molar-refractivity contribution < 1.29 is 0 Å². The highest BCUT2D eigenvalue weighted by molar-refractivity contribution is 4.59. The number of hydrogen-bond donors (Lipinski definition) is 2. The third-order valence-corrected chi connectivity index (χ3v) is 1.37. The van der Waals surface area contributed by atoms with Gasteiger partial charge in [0.2, 0.25) is 0 Å². The van der Waals surface area contributed by atoms with E-state index < -0.39 is 0 Å². The molecule has 0 aromatic carbocycles. The summed E-state index contributed by atoms with van der Waals surface area (Å²) < 4.78 is 0. The Morgan fingerprint density at radius 1 is 1.12 bits per heavy atom. The van der Waals surface area contributed by atoms with E-state index in [1.807, 2.05) is 7.05 Å². The molecule has 0 aliphatic carbocycles. The molecular weight excluding hydrogens is 100 g/mol. The molecule has 0 spiro atoms. The minimum atomic E-state index is 0.556. The minimum Gasteiger partial charge on any atom is -0.261 e. The highest BCUT2D eigenvalue weighted by atomic mass is 15.3. The van der Waals surface area contributed by atoms with Gasteiger partial charge in [-0.1, -0.05) is 13.8 Å². The molecule has 0 rings (SSSR count). The van der Waals surface area contributed by atoms with Crippen molar-refractivity contribution in [2.45, 2.75) is 26.8 Å². The molecule has 0 aromatic heterocycles. The van der Waals surface area contributed by atoms with Crippen LogP contribution in [0, 0.1) is 5.92 Å². The standard InChI is InChI=1S/C6H16N2/c1-5(2)6(3)8-7-4/h5-8H,1-4H3/t6-/m1/s1. The fourth-order valence-corrected chi connectivity index (χ4v) is 0.394. The first kappa shape index (κ1) is 7.92. The lowest BCUT2D eigenvalue weighted by molar-refractivity contribution is 0.391. The lowest BCUT2D eigenvalue weighted by Crippen LogP contribution is -2.39. The number of rotatable bonds is 3. The summed E-state index contributed by atoms with van der Waals surface area (Å²) in [6.45, 7) is 6.53. The van der Waals surface area contributed by atoms with E-state index in [1.54, 1.807) is 0 Å². The molecule has 0 bridgehead atoms. The van der Waals surface area contributed by atoms with Crippen molar-refractivity contribution in [3.63, 3.8) is 0 Å². The van der Waals surface area contributed by atoms with Gasteiger partial charge in [0, 0.05) is 6.04 Å². The van der Waals surface area contributed by atoms with Crippen LogP contribution in [-0.2, 0) is 0 Å². The molecule has 0 aliphatic heterocycles. The highest BCUT2D eigenvalue weighted by Crippen LogP contribution is 1.96. The number of hydrogen-bond acceptors (Lipinski definition) is 2. The largest absolute Gasteiger partial charge is 0.261 e. The zero-order chi connectivity index (χ0) is 6.57. The van der Waals surface area contributed by atoms with Gasteiger partial charge < -0.3 is 0 Å². The second kappa shape index (κ2) is 3.87. The van der Waals surface area contributed by atoms with Crippen molar-refractivity contribution in [1.29, 1.82) is 0 Å². The summed E-state index contributed by atoms with van der Waals surface area (Å²) in [5.41, 5.74) is 5.99. The van der Waals surface area contributed by atoms with Crippen molar-refractivity contribution in [1.82, 2.24) is 10.9 Å². The maximum atomic E-state index is 3.09. The van der Waals surface area contributed by atoms with Gasteiger partial charge in [-0.15, -0.1) is 0 Å². The molecule has 8 heavy (non-hydrogen) atoms. The summed E-state index contributed by atoms with van der Waals surface area (Å²) in [5, 5.41) is 0. The molecule has 1 atom stereocenters. The van der Waals surface area contributed by atoms with Crippen molar-refractivity contribution >= 4 is 0 Å². The summed E-state index contributed by atoms with van der Waals surface area (Å²) in [5.74, 6) is 0.697. The quantitative estimate of drug-likeness (QED) is 0.532. The molecule has 50 valence electrons. The van der Waals surface area contributed by atoms with Gasteiger partial charge in [0.25, 0.3) is 0 Å². The van der Waals surface area contributed by atoms with E-state index in [2.05, 4.69) is 31.6 Å². The SMILES string of the molecule is CNN[C@H](C)C(C)C. The fourth-order valence-electron chi connectivity index (χ4n) is 0.394. The van der Waals surface area contributed by atoms with E-state index >= 15 is 0 Å². The van der Waals surface area contributed by atoms with Crippen molar-refractivity contribution in [3.8, 4) is 0 Å². The van der Waals surface area contributed by atoms with Crippen LogP contribution in [0.4, 0.5) is 0 Å². The van der Waals surface area contributed by atoms with Crippen LogP contribution < -0.4 is 10.9 Å². The van der Waals surface area contributed by atoms with Crippen LogP contribution >= 0.6 is 0 Å². The Hall–Kier alpha value is -0.0800. The monoisotopic (exact) mass is 116 g/mol. The first-order chi connectivity index (χ1) is 3.68. The molecular formula is C6H16N2. The van der Waals surface area contributed by atoms with Crippen LogP contribution in [0.5, 0.6) is 0 Å². The normalized spacial score (nSPS) is 14.6. The Morgan fingerprint density at radius 3 is 1.75 bits per heavy atom. The Morgan fingerprint density at radius 2 is 1.62 bits per heavy atom. The van der Waals surface area contributed by atoms with Gasteiger partial charge in [0.05, 0.1) is 0 Å². The van der Waals surface area contributed by atoms with E-state index in [0.717, 1.165) is 0 Å². The van der Waals surface area contributed by atoms with Crippen molar-refractivity contribution in [2.24, 2.45) is 5.92 Å². The van der Waals surface area contributed by atoms with E-state index in [-0.39, 0.29) is 0 Å². The van der Waals surface area contributed by atoms with Crippen LogP contribution in [0.2, 0.25) is 0 Å². The summed E-state index contributed by atoms with van der Waals surface area (Å²) in [6.07, 6.45) is 0. The number of nitrogens with one attached hydrogen (secondary N) is 2. The van der Waals surface area contributed by atoms with E-state index in [1.165, 1.54) is 0 Å². The predicted octanol–water partition coefficient (Wildman–Crippen LogP) is 0.755. The van der Waals surface area contributed by atoms with Crippen LogP contribution in [0.3, 0.4) is 0 Å². The van der Waals surface area contributed by atoms with Crippen LogP contribution in [0.25, 0.3) is 0 Å². The predicted molar refractivity (Wildman–Crippen MR) is 36.5 cm³/mol. The summed E-state index contributed by atoms with van der Waals surface area (Å²) >= 11 is 0. The smallest absolute Gasteiger partial charge is 0.0207 e. The zero-order valence-electron chi connectivity index (χ0n) is 6.15. The lowest BCUT2D eigenvalue weighted by atomic mass is 10.1. The third kappa shape index (κ3) is 2.99. The van der Waals surface area contributed by atoms with Gasteiger partial charge in [-0.3, -0.25) is 10.9 Å². The van der Waals surface area contributed by atoms with E-state index in [4.69, 9.17) is 0 Å². The molecule has 0 saturated carbocycles. The van der Waals surface area contributed by atoms with Gasteiger partial charge in [0.15, 0.2) is 0 Å². The first-order valence-electron chi connectivity index (χ1n) is 3.10. The van der Waals surface area contributed by atoms with E-state index in [9.17, 15) is 0 Å². The maximum absolute atomic E-state index is 3.09. The van der Waals surface area contributed by atoms with Crippen LogP contribution in [0.1, 0.15) is 20.8 Å². The zero-order valence-corrected chi connectivity index (χ0v) is 6.15. The van der Waals surface area contributed by atoms with E-state index in [0.29, 0.717) is 12.0 Å². The lowest BCUT2D eigenvalue weighted by Gasteiger charge is -2.15. The second-order valence-corrected chi connectivity index (χ2v) is 2.43. The molecule has 0 unspecified atom stereocenters. The first-order valence-corrected chi connectivity index (χ1v) is 3.10. The molecule has 0 fully saturated rings. The highest BCUT2D eigenvalue weighted by Gasteiger charge is 2.02. The molecule has 0 amide bonds. The van der Waals surface area contributed by atoms with Gasteiger partial charge in [-0.25, -0.2) is 0 Å². The van der Waals surface area contributed by atoms with Crippen molar-refractivity contribution in [2.75, 3.05) is 7.05 Å². The van der Waals surface area contributed by atoms with Gasteiger partial charge in [-0.05, 0) is 19.9 Å². The maximum Gasteiger partial charge on any atom is 0.0207 e. The summed E-state index contributed by atoms with van der Waals surface area (Å²) in [7, 11) is 1.89. The average Bonchev–Trinajstić information content (AvgIpc) is 1.67. The molecule has 0 aromatic rings. The third-order valence-electron chi connectivity index (χ3n) is 1.37. The summed E-state index contributed by atoms with van der Waals surface area (Å²) in [6, 6.07) is 0.556. The fraction of sp³-hybridized carbons (Fsp3) is 1.00. The van der Waals surface area contributed by atoms with Crippen LogP contribution in [0.15, 0.2) is 0 Å². The van der Waals surface area contributed by atoms with Gasteiger partial charge in [-0.2, -0.15) is 0 Å². The molecule has 0 heterocycles. The Labute approximate surface area is 51.6 Å². The van der Waals surface area contributed by atoms with Gasteiger partial charge in [0.1, 0.15) is 0 Å².